The Morgan fingerprint density at radius 2 is 1.64 bits per heavy atom. The molecule has 0 unspecified atom stereocenters. The smallest absolute Gasteiger partial charge is 0.175 e. The molecule has 1 fully saturated rings. The minimum atomic E-state index is 0.791. The molecule has 25 heavy (non-hydrogen) atoms. The predicted molar refractivity (Wildman–Crippen MR) is 112 cm³/mol. The molecule has 2 aromatic rings. The first-order chi connectivity index (χ1) is 12.3. The van der Waals surface area contributed by atoms with Crippen LogP contribution in [0, 0.1) is 0 Å². The fraction of sp³-hybridized carbons (Fsp3) is 0.300. The topological polar surface area (TPSA) is 27.6 Å². The van der Waals surface area contributed by atoms with E-state index in [4.69, 9.17) is 17.2 Å². The van der Waals surface area contributed by atoms with E-state index in [2.05, 4.69) is 58.7 Å². The summed E-state index contributed by atoms with van der Waals surface area (Å²) in [4.78, 5) is 6.90. The lowest BCUT2D eigenvalue weighted by atomic mass is 10.1. The first kappa shape index (κ1) is 18.0. The standard InChI is InChI=1S/C20H23N3S2/c24-19(21-13-11-17-7-3-1-4-8-17)23-15-16-25-20(23)22-14-12-18-9-5-2-6-10-18/h1-10H,11-16H2,(H,21,24). The largest absolute Gasteiger partial charge is 0.362 e. The Hall–Kier alpha value is -1.85. The third-order valence-electron chi connectivity index (χ3n) is 4.05. The number of hydrogen-bond donors (Lipinski definition) is 1. The third-order valence-corrected chi connectivity index (χ3v) is 5.40. The average Bonchev–Trinajstić information content (AvgIpc) is 3.12. The van der Waals surface area contributed by atoms with Gasteiger partial charge in [-0.25, -0.2) is 0 Å². The van der Waals surface area contributed by atoms with Gasteiger partial charge in [0.25, 0.3) is 0 Å². The predicted octanol–water partition coefficient (Wildman–Crippen LogP) is 3.75. The van der Waals surface area contributed by atoms with Crippen molar-refractivity contribution in [3.05, 3.63) is 71.8 Å². The van der Waals surface area contributed by atoms with Crippen LogP contribution < -0.4 is 5.32 Å². The Labute approximate surface area is 159 Å². The van der Waals surface area contributed by atoms with Crippen molar-refractivity contribution in [1.82, 2.24) is 10.2 Å². The second-order valence-electron chi connectivity index (χ2n) is 5.87. The van der Waals surface area contributed by atoms with Gasteiger partial charge in [0.1, 0.15) is 0 Å². The molecule has 1 saturated heterocycles. The Morgan fingerprint density at radius 1 is 1.00 bits per heavy atom. The molecule has 1 aliphatic rings. The number of benzene rings is 2. The van der Waals surface area contributed by atoms with E-state index in [1.807, 2.05) is 12.1 Å². The summed E-state index contributed by atoms with van der Waals surface area (Å²) in [5, 5.41) is 5.21. The van der Waals surface area contributed by atoms with Crippen LogP contribution in [0.4, 0.5) is 0 Å². The van der Waals surface area contributed by atoms with E-state index in [1.54, 1.807) is 11.8 Å². The van der Waals surface area contributed by atoms with Gasteiger partial charge in [-0.1, -0.05) is 72.4 Å². The average molecular weight is 370 g/mol. The molecule has 1 aliphatic heterocycles. The number of amidine groups is 1. The van der Waals surface area contributed by atoms with Gasteiger partial charge in [0.15, 0.2) is 10.3 Å². The highest BCUT2D eigenvalue weighted by Gasteiger charge is 2.22. The van der Waals surface area contributed by atoms with Gasteiger partial charge in [-0.3, -0.25) is 9.89 Å². The Bertz CT molecular complexity index is 701. The summed E-state index contributed by atoms with van der Waals surface area (Å²) in [5.41, 5.74) is 2.65. The van der Waals surface area contributed by atoms with Gasteiger partial charge in [-0.2, -0.15) is 0 Å². The number of nitrogens with zero attached hydrogens (tertiary/aromatic N) is 2. The van der Waals surface area contributed by atoms with E-state index in [0.717, 1.165) is 48.5 Å². The molecule has 3 rings (SSSR count). The van der Waals surface area contributed by atoms with E-state index in [9.17, 15) is 0 Å². The fourth-order valence-electron chi connectivity index (χ4n) is 2.70. The van der Waals surface area contributed by atoms with Gasteiger partial charge in [0.05, 0.1) is 0 Å². The Kier molecular flexibility index (Phi) is 6.89. The summed E-state index contributed by atoms with van der Waals surface area (Å²) in [6, 6.07) is 21.0. The molecule has 2 aromatic carbocycles. The summed E-state index contributed by atoms with van der Waals surface area (Å²) < 4.78 is 0. The van der Waals surface area contributed by atoms with Crippen molar-refractivity contribution in [2.75, 3.05) is 25.4 Å². The lowest BCUT2D eigenvalue weighted by molar-refractivity contribution is 0.645. The lowest BCUT2D eigenvalue weighted by Crippen LogP contribution is -2.41. The van der Waals surface area contributed by atoms with E-state index in [-0.39, 0.29) is 0 Å². The maximum Gasteiger partial charge on any atom is 0.175 e. The molecule has 0 aliphatic carbocycles. The molecule has 0 saturated carbocycles. The second-order valence-corrected chi connectivity index (χ2v) is 7.32. The number of nitrogens with one attached hydrogen (secondary N) is 1. The molecule has 0 bridgehead atoms. The molecule has 0 spiro atoms. The number of thiocarbonyl (C=S) groups is 1. The monoisotopic (exact) mass is 369 g/mol. The molecule has 0 amide bonds. The van der Waals surface area contributed by atoms with Crippen LogP contribution in [0.5, 0.6) is 0 Å². The van der Waals surface area contributed by atoms with Crippen LogP contribution in [0.2, 0.25) is 0 Å². The molecular weight excluding hydrogens is 346 g/mol. The second kappa shape index (κ2) is 9.59. The van der Waals surface area contributed by atoms with E-state index < -0.39 is 0 Å². The van der Waals surface area contributed by atoms with E-state index in [1.165, 1.54) is 11.1 Å². The quantitative estimate of drug-likeness (QED) is 0.785. The number of rotatable bonds is 6. The molecule has 3 nitrogen and oxygen atoms in total. The van der Waals surface area contributed by atoms with Gasteiger partial charge in [-0.15, -0.1) is 0 Å². The zero-order valence-corrected chi connectivity index (χ0v) is 15.9. The highest BCUT2D eigenvalue weighted by molar-refractivity contribution is 8.14. The summed E-state index contributed by atoms with van der Waals surface area (Å²) in [6.07, 6.45) is 1.94. The van der Waals surface area contributed by atoms with Crippen LogP contribution in [0.15, 0.2) is 65.7 Å². The van der Waals surface area contributed by atoms with Gasteiger partial charge in [-0.05, 0) is 36.2 Å². The van der Waals surface area contributed by atoms with E-state index in [0.29, 0.717) is 0 Å². The van der Waals surface area contributed by atoms with Crippen molar-refractivity contribution in [1.29, 1.82) is 0 Å². The molecular formula is C20H23N3S2. The van der Waals surface area contributed by atoms with Crippen LogP contribution >= 0.6 is 24.0 Å². The molecule has 5 heteroatoms. The summed E-state index contributed by atoms with van der Waals surface area (Å²) in [7, 11) is 0. The number of aliphatic imine (C=N–C) groups is 1. The highest BCUT2D eigenvalue weighted by Crippen LogP contribution is 2.18. The number of hydrogen-bond acceptors (Lipinski definition) is 3. The first-order valence-electron chi connectivity index (χ1n) is 8.63. The van der Waals surface area contributed by atoms with Gasteiger partial charge < -0.3 is 5.32 Å². The molecule has 130 valence electrons. The molecule has 1 N–H and O–H groups in total. The molecule has 0 aromatic heterocycles. The van der Waals surface area contributed by atoms with Crippen molar-refractivity contribution < 1.29 is 0 Å². The summed E-state index contributed by atoms with van der Waals surface area (Å²) in [5.74, 6) is 1.05. The normalized spacial score (nSPS) is 15.5. The zero-order chi connectivity index (χ0) is 17.3. The van der Waals surface area contributed by atoms with Crippen LogP contribution in [0.25, 0.3) is 0 Å². The van der Waals surface area contributed by atoms with Gasteiger partial charge in [0.2, 0.25) is 0 Å². The lowest BCUT2D eigenvalue weighted by Gasteiger charge is -2.20. The van der Waals surface area contributed by atoms with Crippen LogP contribution in [0.1, 0.15) is 11.1 Å². The van der Waals surface area contributed by atoms with Crippen molar-refractivity contribution in [3.8, 4) is 0 Å². The van der Waals surface area contributed by atoms with Gasteiger partial charge in [0, 0.05) is 25.4 Å². The van der Waals surface area contributed by atoms with Crippen molar-refractivity contribution in [2.24, 2.45) is 4.99 Å². The van der Waals surface area contributed by atoms with Crippen LogP contribution in [-0.4, -0.2) is 40.6 Å². The first-order valence-corrected chi connectivity index (χ1v) is 10.0. The van der Waals surface area contributed by atoms with Crippen molar-refractivity contribution in [3.63, 3.8) is 0 Å². The zero-order valence-electron chi connectivity index (χ0n) is 14.2. The molecule has 1 heterocycles. The maximum absolute atomic E-state index is 5.57. The Morgan fingerprint density at radius 3 is 2.32 bits per heavy atom. The molecule has 0 radical (unpaired) electrons. The SMILES string of the molecule is S=C(NCCc1ccccc1)N1CCSC1=NCCc1ccccc1. The summed E-state index contributed by atoms with van der Waals surface area (Å²) in [6.45, 7) is 2.59. The molecule has 0 atom stereocenters. The van der Waals surface area contributed by atoms with Crippen molar-refractivity contribution >= 4 is 34.3 Å². The highest BCUT2D eigenvalue weighted by atomic mass is 32.2. The van der Waals surface area contributed by atoms with Crippen LogP contribution in [-0.2, 0) is 12.8 Å². The minimum absolute atomic E-state index is 0.791. The summed E-state index contributed by atoms with van der Waals surface area (Å²) >= 11 is 7.36. The van der Waals surface area contributed by atoms with Crippen molar-refractivity contribution in [2.45, 2.75) is 12.8 Å². The van der Waals surface area contributed by atoms with E-state index >= 15 is 0 Å². The van der Waals surface area contributed by atoms with Gasteiger partial charge >= 0.3 is 0 Å². The maximum atomic E-state index is 5.57. The minimum Gasteiger partial charge on any atom is -0.362 e. The third kappa shape index (κ3) is 5.58. The number of thioether (sulfide) groups is 1. The Balaban J connectivity index is 1.46. The van der Waals surface area contributed by atoms with Crippen LogP contribution in [0.3, 0.4) is 0 Å². The fourth-order valence-corrected chi connectivity index (χ4v) is 4.02.